The highest BCUT2D eigenvalue weighted by Gasteiger charge is 2.06. The third kappa shape index (κ3) is 3.12. The number of aromatic nitrogens is 4. The lowest BCUT2D eigenvalue weighted by Crippen LogP contribution is -2.16. The first-order valence-electron chi connectivity index (χ1n) is 7.03. The highest BCUT2D eigenvalue weighted by molar-refractivity contribution is 5.26. The Labute approximate surface area is 127 Å². The van der Waals surface area contributed by atoms with Crippen LogP contribution in [-0.4, -0.2) is 31.3 Å². The first-order valence-corrected chi connectivity index (χ1v) is 7.03. The number of hydrogen-bond acceptors (Lipinski definition) is 4. The summed E-state index contributed by atoms with van der Waals surface area (Å²) in [6, 6.07) is 11.3. The van der Waals surface area contributed by atoms with E-state index >= 15 is 0 Å². The zero-order chi connectivity index (χ0) is 15.4. The number of benzene rings is 1. The summed E-state index contributed by atoms with van der Waals surface area (Å²) in [6.07, 6.45) is 5.54. The Morgan fingerprint density at radius 1 is 1.14 bits per heavy atom. The topological polar surface area (TPSA) is 72.9 Å². The molecule has 0 atom stereocenters. The van der Waals surface area contributed by atoms with Crippen molar-refractivity contribution in [3.05, 3.63) is 76.5 Å². The van der Waals surface area contributed by atoms with Gasteiger partial charge < -0.3 is 5.11 Å². The van der Waals surface area contributed by atoms with Crippen LogP contribution < -0.4 is 5.43 Å². The van der Waals surface area contributed by atoms with Crippen LogP contribution in [0.5, 0.6) is 0 Å². The monoisotopic (exact) mass is 296 g/mol. The molecule has 22 heavy (non-hydrogen) atoms. The standard InChI is InChI=1S/C16H16N4O2/c21-9-8-19-12-14(11-17-19)20-7-6-16(22)15(18-20)10-13-4-2-1-3-5-13/h1-7,11-12,21H,8-10H2. The molecule has 0 aliphatic rings. The van der Waals surface area contributed by atoms with E-state index in [1.54, 1.807) is 28.0 Å². The van der Waals surface area contributed by atoms with Gasteiger partial charge in [-0.3, -0.25) is 9.48 Å². The number of aliphatic hydroxyl groups excluding tert-OH is 1. The van der Waals surface area contributed by atoms with E-state index in [2.05, 4.69) is 10.2 Å². The van der Waals surface area contributed by atoms with Gasteiger partial charge in [0.15, 0.2) is 0 Å². The quantitative estimate of drug-likeness (QED) is 0.762. The molecule has 0 aliphatic carbocycles. The maximum Gasteiger partial charge on any atom is 0.203 e. The van der Waals surface area contributed by atoms with Gasteiger partial charge in [0, 0.05) is 18.7 Å². The lowest BCUT2D eigenvalue weighted by molar-refractivity contribution is 0.269. The summed E-state index contributed by atoms with van der Waals surface area (Å²) in [4.78, 5) is 12.0. The number of rotatable bonds is 5. The van der Waals surface area contributed by atoms with E-state index in [1.165, 1.54) is 6.07 Å². The van der Waals surface area contributed by atoms with Crippen LogP contribution >= 0.6 is 0 Å². The summed E-state index contributed by atoms with van der Waals surface area (Å²) < 4.78 is 3.26. The van der Waals surface area contributed by atoms with E-state index in [0.29, 0.717) is 18.7 Å². The summed E-state index contributed by atoms with van der Waals surface area (Å²) in [5, 5.41) is 17.5. The smallest absolute Gasteiger partial charge is 0.203 e. The number of hydrogen-bond donors (Lipinski definition) is 1. The van der Waals surface area contributed by atoms with E-state index in [1.807, 2.05) is 30.3 Å². The molecule has 0 saturated carbocycles. The van der Waals surface area contributed by atoms with Crippen LogP contribution in [0.1, 0.15) is 11.3 Å². The minimum atomic E-state index is -0.0807. The van der Waals surface area contributed by atoms with Crippen molar-refractivity contribution in [2.45, 2.75) is 13.0 Å². The van der Waals surface area contributed by atoms with Crippen LogP contribution in [-0.2, 0) is 13.0 Å². The van der Waals surface area contributed by atoms with Gasteiger partial charge in [0.05, 0.1) is 25.5 Å². The van der Waals surface area contributed by atoms with E-state index in [9.17, 15) is 4.79 Å². The molecule has 1 aromatic carbocycles. The highest BCUT2D eigenvalue weighted by Crippen LogP contribution is 2.07. The van der Waals surface area contributed by atoms with Crippen molar-refractivity contribution in [3.8, 4) is 5.69 Å². The van der Waals surface area contributed by atoms with E-state index < -0.39 is 0 Å². The molecule has 3 rings (SSSR count). The van der Waals surface area contributed by atoms with Gasteiger partial charge in [-0.15, -0.1) is 0 Å². The summed E-state index contributed by atoms with van der Waals surface area (Å²) in [5.74, 6) is 0. The van der Waals surface area contributed by atoms with E-state index in [4.69, 9.17) is 5.11 Å². The molecule has 6 heteroatoms. The minimum absolute atomic E-state index is 0.0258. The lowest BCUT2D eigenvalue weighted by atomic mass is 10.1. The minimum Gasteiger partial charge on any atom is -0.394 e. The Kier molecular flexibility index (Phi) is 4.11. The van der Waals surface area contributed by atoms with Gasteiger partial charge in [0.1, 0.15) is 11.4 Å². The van der Waals surface area contributed by atoms with Crippen molar-refractivity contribution in [3.63, 3.8) is 0 Å². The third-order valence-electron chi connectivity index (χ3n) is 3.31. The fourth-order valence-corrected chi connectivity index (χ4v) is 2.20. The number of aliphatic hydroxyl groups is 1. The molecule has 112 valence electrons. The Morgan fingerprint density at radius 3 is 2.73 bits per heavy atom. The largest absolute Gasteiger partial charge is 0.394 e. The van der Waals surface area contributed by atoms with Crippen molar-refractivity contribution in [2.75, 3.05) is 6.61 Å². The second-order valence-corrected chi connectivity index (χ2v) is 4.92. The molecular formula is C16H16N4O2. The lowest BCUT2D eigenvalue weighted by Gasteiger charge is -2.05. The van der Waals surface area contributed by atoms with Crippen LogP contribution in [0.15, 0.2) is 59.8 Å². The molecule has 0 aliphatic heterocycles. The van der Waals surface area contributed by atoms with Gasteiger partial charge >= 0.3 is 0 Å². The SMILES string of the molecule is O=c1ccn(-c2cnn(CCO)c2)nc1Cc1ccccc1. The predicted octanol–water partition coefficient (Wildman–Crippen LogP) is 1.01. The average molecular weight is 296 g/mol. The zero-order valence-corrected chi connectivity index (χ0v) is 12.0. The van der Waals surface area contributed by atoms with Crippen molar-refractivity contribution < 1.29 is 5.11 Å². The fourth-order valence-electron chi connectivity index (χ4n) is 2.20. The first kappa shape index (κ1) is 14.2. The molecule has 2 heterocycles. The highest BCUT2D eigenvalue weighted by atomic mass is 16.3. The van der Waals surface area contributed by atoms with Gasteiger partial charge in [-0.2, -0.15) is 10.2 Å². The molecule has 0 saturated heterocycles. The second-order valence-electron chi connectivity index (χ2n) is 4.92. The summed E-state index contributed by atoms with van der Waals surface area (Å²) >= 11 is 0. The van der Waals surface area contributed by atoms with Crippen LogP contribution in [0.4, 0.5) is 0 Å². The molecule has 0 unspecified atom stereocenters. The maximum absolute atomic E-state index is 12.0. The maximum atomic E-state index is 12.0. The molecule has 0 fully saturated rings. The van der Waals surface area contributed by atoms with Crippen LogP contribution in [0.25, 0.3) is 5.69 Å². The summed E-state index contributed by atoms with van der Waals surface area (Å²) in [7, 11) is 0. The predicted molar refractivity (Wildman–Crippen MR) is 82.0 cm³/mol. The zero-order valence-electron chi connectivity index (χ0n) is 12.0. The molecule has 6 nitrogen and oxygen atoms in total. The van der Waals surface area contributed by atoms with Gasteiger partial charge in [0.2, 0.25) is 5.43 Å². The molecule has 1 N–H and O–H groups in total. The van der Waals surface area contributed by atoms with Crippen molar-refractivity contribution >= 4 is 0 Å². The summed E-state index contributed by atoms with van der Waals surface area (Å²) in [6.45, 7) is 0.453. The Hall–Kier alpha value is -2.73. The van der Waals surface area contributed by atoms with Crippen molar-refractivity contribution in [1.29, 1.82) is 0 Å². The third-order valence-corrected chi connectivity index (χ3v) is 3.31. The van der Waals surface area contributed by atoms with Crippen LogP contribution in [0.2, 0.25) is 0 Å². The Bertz CT molecular complexity index is 808. The van der Waals surface area contributed by atoms with Gasteiger partial charge in [0.25, 0.3) is 0 Å². The van der Waals surface area contributed by atoms with Crippen molar-refractivity contribution in [1.82, 2.24) is 19.6 Å². The average Bonchev–Trinajstić information content (AvgIpc) is 3.00. The Balaban J connectivity index is 1.90. The summed E-state index contributed by atoms with van der Waals surface area (Å²) in [5.41, 5.74) is 2.20. The second kappa shape index (κ2) is 6.36. The van der Waals surface area contributed by atoms with Gasteiger partial charge in [-0.1, -0.05) is 30.3 Å². The number of nitrogens with zero attached hydrogens (tertiary/aromatic N) is 4. The molecule has 2 aromatic heterocycles. The first-order chi connectivity index (χ1) is 10.8. The van der Waals surface area contributed by atoms with Crippen molar-refractivity contribution in [2.24, 2.45) is 0 Å². The Morgan fingerprint density at radius 2 is 1.95 bits per heavy atom. The van der Waals surface area contributed by atoms with Gasteiger partial charge in [-0.25, -0.2) is 4.68 Å². The molecular weight excluding hydrogens is 280 g/mol. The molecule has 0 bridgehead atoms. The fraction of sp³-hybridized carbons (Fsp3) is 0.188. The molecule has 0 amide bonds. The van der Waals surface area contributed by atoms with E-state index in [0.717, 1.165) is 11.3 Å². The van der Waals surface area contributed by atoms with Gasteiger partial charge in [-0.05, 0) is 5.56 Å². The van der Waals surface area contributed by atoms with Crippen LogP contribution in [0, 0.1) is 0 Å². The normalized spacial score (nSPS) is 10.8. The van der Waals surface area contributed by atoms with E-state index in [-0.39, 0.29) is 12.0 Å². The molecule has 0 radical (unpaired) electrons. The van der Waals surface area contributed by atoms with Crippen LogP contribution in [0.3, 0.4) is 0 Å². The molecule has 3 aromatic rings. The molecule has 0 spiro atoms.